The summed E-state index contributed by atoms with van der Waals surface area (Å²) in [5.74, 6) is 0. The van der Waals surface area contributed by atoms with Crippen molar-refractivity contribution in [2.45, 2.75) is 33.0 Å². The molecule has 4 nitrogen and oxygen atoms in total. The Hall–Kier alpha value is -0.870. The summed E-state index contributed by atoms with van der Waals surface area (Å²) in [5, 5.41) is 7.32. The Kier molecular flexibility index (Phi) is 4.62. The van der Waals surface area contributed by atoms with Gasteiger partial charge < -0.3 is 10.1 Å². The van der Waals surface area contributed by atoms with Crippen molar-refractivity contribution in [3.63, 3.8) is 0 Å². The molecule has 0 fully saturated rings. The molecule has 0 saturated carbocycles. The van der Waals surface area contributed by atoms with Crippen LogP contribution in [0, 0.1) is 0 Å². The number of nitrogens with one attached hydrogen (secondary N) is 1. The van der Waals surface area contributed by atoms with Gasteiger partial charge in [-0.2, -0.15) is 5.10 Å². The van der Waals surface area contributed by atoms with Crippen LogP contribution in [0.2, 0.25) is 0 Å². The van der Waals surface area contributed by atoms with Crippen molar-refractivity contribution in [2.24, 2.45) is 0 Å². The third kappa shape index (κ3) is 3.89. The number of nitrogens with zero attached hydrogens (tertiary/aromatic N) is 2. The van der Waals surface area contributed by atoms with E-state index in [9.17, 15) is 0 Å². The van der Waals surface area contributed by atoms with Crippen molar-refractivity contribution in [1.82, 2.24) is 15.1 Å². The van der Waals surface area contributed by atoms with Gasteiger partial charge in [0, 0.05) is 18.3 Å². The van der Waals surface area contributed by atoms with Crippen molar-refractivity contribution < 1.29 is 4.74 Å². The largest absolute Gasteiger partial charge is 0.377 e. The minimum absolute atomic E-state index is 0.294. The highest BCUT2D eigenvalue weighted by Crippen LogP contribution is 1.97. The van der Waals surface area contributed by atoms with Crippen LogP contribution in [0.3, 0.4) is 0 Å². The molecular formula is C10H19N3O. The number of hydrogen-bond donors (Lipinski definition) is 1. The molecule has 0 aliphatic carbocycles. The van der Waals surface area contributed by atoms with E-state index in [4.69, 9.17) is 4.74 Å². The second-order valence-corrected chi connectivity index (χ2v) is 3.56. The summed E-state index contributed by atoms with van der Waals surface area (Å²) in [6.45, 7) is 6.48. The monoisotopic (exact) mass is 197 g/mol. The van der Waals surface area contributed by atoms with E-state index in [1.807, 2.05) is 38.0 Å². The summed E-state index contributed by atoms with van der Waals surface area (Å²) in [5.41, 5.74) is 1.21. The van der Waals surface area contributed by atoms with Gasteiger partial charge in [-0.25, -0.2) is 0 Å². The van der Waals surface area contributed by atoms with Crippen molar-refractivity contribution in [3.05, 3.63) is 18.0 Å². The first-order valence-electron chi connectivity index (χ1n) is 5.00. The van der Waals surface area contributed by atoms with Gasteiger partial charge in [0.2, 0.25) is 0 Å². The predicted octanol–water partition coefficient (Wildman–Crippen LogP) is 1.03. The van der Waals surface area contributed by atoms with Crippen molar-refractivity contribution in [2.75, 3.05) is 13.7 Å². The molecule has 0 aromatic carbocycles. The van der Waals surface area contributed by atoms with E-state index in [1.54, 1.807) is 0 Å². The van der Waals surface area contributed by atoms with Crippen LogP contribution in [-0.2, 0) is 17.8 Å². The molecule has 0 bridgehead atoms. The van der Waals surface area contributed by atoms with Crippen LogP contribution in [0.15, 0.2) is 12.4 Å². The van der Waals surface area contributed by atoms with E-state index in [-0.39, 0.29) is 0 Å². The van der Waals surface area contributed by atoms with E-state index in [2.05, 4.69) is 10.4 Å². The molecule has 0 aliphatic rings. The molecule has 0 unspecified atom stereocenters. The molecule has 0 atom stereocenters. The van der Waals surface area contributed by atoms with Crippen LogP contribution in [0.1, 0.15) is 19.4 Å². The summed E-state index contributed by atoms with van der Waals surface area (Å²) in [6, 6.07) is 0. The van der Waals surface area contributed by atoms with Crippen molar-refractivity contribution >= 4 is 0 Å². The summed E-state index contributed by atoms with van der Waals surface area (Å²) in [4.78, 5) is 0. The second-order valence-electron chi connectivity index (χ2n) is 3.56. The third-order valence-corrected chi connectivity index (χ3v) is 1.84. The zero-order valence-electron chi connectivity index (χ0n) is 9.16. The van der Waals surface area contributed by atoms with Gasteiger partial charge in [-0.15, -0.1) is 0 Å². The van der Waals surface area contributed by atoms with Gasteiger partial charge in [0.15, 0.2) is 0 Å². The Labute approximate surface area is 85.3 Å². The zero-order chi connectivity index (χ0) is 10.4. The molecule has 1 N–H and O–H groups in total. The van der Waals surface area contributed by atoms with Gasteiger partial charge in [0.1, 0.15) is 0 Å². The number of ether oxygens (including phenoxy) is 1. The highest BCUT2D eigenvalue weighted by Gasteiger charge is 1.98. The van der Waals surface area contributed by atoms with Crippen LogP contribution in [0.4, 0.5) is 0 Å². The van der Waals surface area contributed by atoms with Crippen molar-refractivity contribution in [3.8, 4) is 0 Å². The Morgan fingerprint density at radius 2 is 2.36 bits per heavy atom. The summed E-state index contributed by atoms with van der Waals surface area (Å²) in [6.07, 6.45) is 4.22. The lowest BCUT2D eigenvalue weighted by Gasteiger charge is -2.06. The topological polar surface area (TPSA) is 39.1 Å². The van der Waals surface area contributed by atoms with Crippen LogP contribution in [0.25, 0.3) is 0 Å². The summed E-state index contributed by atoms with van der Waals surface area (Å²) < 4.78 is 7.35. The maximum Gasteiger partial charge on any atom is 0.0666 e. The van der Waals surface area contributed by atoms with Crippen molar-refractivity contribution in [1.29, 1.82) is 0 Å². The Balaban J connectivity index is 2.28. The number of aromatic nitrogens is 2. The Morgan fingerprint density at radius 3 is 3.00 bits per heavy atom. The van der Waals surface area contributed by atoms with Gasteiger partial charge in [-0.1, -0.05) is 0 Å². The molecule has 1 heterocycles. The van der Waals surface area contributed by atoms with E-state index < -0.39 is 0 Å². The maximum absolute atomic E-state index is 5.44. The van der Waals surface area contributed by atoms with Gasteiger partial charge >= 0.3 is 0 Å². The smallest absolute Gasteiger partial charge is 0.0666 e. The summed E-state index contributed by atoms with van der Waals surface area (Å²) >= 11 is 0. The number of hydrogen-bond acceptors (Lipinski definition) is 3. The number of rotatable bonds is 6. The minimum atomic E-state index is 0.294. The first-order chi connectivity index (χ1) is 6.72. The standard InChI is InChI=1S/C10H19N3O/c1-9(2)14-5-4-13-8-10(6-11-3)7-12-13/h7-9,11H,4-6H2,1-3H3. The van der Waals surface area contributed by atoms with Gasteiger partial charge in [0.05, 0.1) is 25.5 Å². The predicted molar refractivity (Wildman–Crippen MR) is 56.1 cm³/mol. The SMILES string of the molecule is CNCc1cnn(CCOC(C)C)c1. The molecule has 80 valence electrons. The molecule has 0 aliphatic heterocycles. The van der Waals surface area contributed by atoms with E-state index in [0.717, 1.165) is 19.7 Å². The van der Waals surface area contributed by atoms with Crippen LogP contribution < -0.4 is 5.32 Å². The molecule has 14 heavy (non-hydrogen) atoms. The van der Waals surface area contributed by atoms with Crippen LogP contribution in [0.5, 0.6) is 0 Å². The van der Waals surface area contributed by atoms with Gasteiger partial charge in [-0.3, -0.25) is 4.68 Å². The molecule has 1 aromatic rings. The Bertz CT molecular complexity index is 258. The molecule has 1 rings (SSSR count). The third-order valence-electron chi connectivity index (χ3n) is 1.84. The Morgan fingerprint density at radius 1 is 1.57 bits per heavy atom. The minimum Gasteiger partial charge on any atom is -0.377 e. The van der Waals surface area contributed by atoms with Crippen LogP contribution in [-0.4, -0.2) is 29.5 Å². The highest BCUT2D eigenvalue weighted by molar-refractivity contribution is 5.02. The van der Waals surface area contributed by atoms with E-state index >= 15 is 0 Å². The fraction of sp³-hybridized carbons (Fsp3) is 0.700. The molecule has 0 amide bonds. The maximum atomic E-state index is 5.44. The molecule has 4 heteroatoms. The normalized spacial score (nSPS) is 11.1. The summed E-state index contributed by atoms with van der Waals surface area (Å²) in [7, 11) is 1.93. The lowest BCUT2D eigenvalue weighted by Crippen LogP contribution is -2.10. The molecule has 0 spiro atoms. The molecule has 0 saturated heterocycles. The van der Waals surface area contributed by atoms with Crippen LogP contribution >= 0.6 is 0 Å². The first kappa shape index (κ1) is 11.2. The highest BCUT2D eigenvalue weighted by atomic mass is 16.5. The fourth-order valence-electron chi connectivity index (χ4n) is 1.21. The van der Waals surface area contributed by atoms with Gasteiger partial charge in [-0.05, 0) is 20.9 Å². The first-order valence-corrected chi connectivity index (χ1v) is 5.00. The molecule has 1 aromatic heterocycles. The second kappa shape index (κ2) is 5.78. The average molecular weight is 197 g/mol. The van der Waals surface area contributed by atoms with Gasteiger partial charge in [0.25, 0.3) is 0 Å². The average Bonchev–Trinajstić information content (AvgIpc) is 2.53. The zero-order valence-corrected chi connectivity index (χ0v) is 9.16. The lowest BCUT2D eigenvalue weighted by atomic mass is 10.4. The van der Waals surface area contributed by atoms with E-state index in [0.29, 0.717) is 6.10 Å². The fourth-order valence-corrected chi connectivity index (χ4v) is 1.21. The van der Waals surface area contributed by atoms with E-state index in [1.165, 1.54) is 5.56 Å². The molecular weight excluding hydrogens is 178 g/mol. The quantitative estimate of drug-likeness (QED) is 0.740. The molecule has 0 radical (unpaired) electrons. The lowest BCUT2D eigenvalue weighted by molar-refractivity contribution is 0.0709.